The summed E-state index contributed by atoms with van der Waals surface area (Å²) in [7, 11) is 0. The fraction of sp³-hybridized carbons (Fsp3) is 0.615. The summed E-state index contributed by atoms with van der Waals surface area (Å²) in [5.74, 6) is -0.137. The Hall–Kier alpha value is -1.43. The summed E-state index contributed by atoms with van der Waals surface area (Å²) in [6.07, 6.45) is 0.333. The van der Waals surface area contributed by atoms with Crippen molar-refractivity contribution in [1.29, 1.82) is 0 Å². The van der Waals surface area contributed by atoms with E-state index in [9.17, 15) is 9.59 Å². The molecule has 1 aliphatic heterocycles. The van der Waals surface area contributed by atoms with Crippen LogP contribution in [0.25, 0.3) is 0 Å². The minimum atomic E-state index is -0.853. The number of nitrogens with zero attached hydrogens (tertiary/aromatic N) is 2. The third kappa shape index (κ3) is 2.94. The minimum Gasteiger partial charge on any atom is -0.342 e. The SMILES string of the molecule is Cc1csc(CN2C(=O)C(C)(C)NC(=O)CC2C)n1. The lowest BCUT2D eigenvalue weighted by atomic mass is 10.0. The molecule has 0 spiro atoms. The number of hydrogen-bond acceptors (Lipinski definition) is 4. The van der Waals surface area contributed by atoms with Crippen LogP contribution in [-0.4, -0.2) is 33.3 Å². The summed E-state index contributed by atoms with van der Waals surface area (Å²) >= 11 is 1.54. The summed E-state index contributed by atoms with van der Waals surface area (Å²) in [5.41, 5.74) is 0.108. The van der Waals surface area contributed by atoms with Gasteiger partial charge in [-0.3, -0.25) is 9.59 Å². The normalized spacial score (nSPS) is 23.2. The van der Waals surface area contributed by atoms with E-state index in [1.807, 2.05) is 19.2 Å². The van der Waals surface area contributed by atoms with Crippen molar-refractivity contribution in [2.45, 2.75) is 52.2 Å². The fourth-order valence-corrected chi connectivity index (χ4v) is 3.01. The zero-order chi connectivity index (χ0) is 14.2. The molecule has 0 aliphatic carbocycles. The topological polar surface area (TPSA) is 62.3 Å². The number of amides is 2. The van der Waals surface area contributed by atoms with E-state index in [0.717, 1.165) is 10.7 Å². The molecule has 1 aliphatic rings. The van der Waals surface area contributed by atoms with Crippen LogP contribution in [0.15, 0.2) is 5.38 Å². The van der Waals surface area contributed by atoms with Gasteiger partial charge in [0.15, 0.2) is 0 Å². The molecule has 1 N–H and O–H groups in total. The Bertz CT molecular complexity index is 510. The van der Waals surface area contributed by atoms with Gasteiger partial charge in [0.1, 0.15) is 10.5 Å². The maximum atomic E-state index is 12.5. The molecule has 2 rings (SSSR count). The Morgan fingerprint density at radius 3 is 2.79 bits per heavy atom. The second-order valence-electron chi connectivity index (χ2n) is 5.54. The molecule has 0 radical (unpaired) electrons. The summed E-state index contributed by atoms with van der Waals surface area (Å²) in [5, 5.41) is 5.65. The van der Waals surface area contributed by atoms with Gasteiger partial charge in [0.05, 0.1) is 6.54 Å². The molecule has 2 amide bonds. The summed E-state index contributed by atoms with van der Waals surface area (Å²) in [6, 6.07) is -0.113. The van der Waals surface area contributed by atoms with Crippen molar-refractivity contribution >= 4 is 23.2 Å². The smallest absolute Gasteiger partial charge is 0.248 e. The van der Waals surface area contributed by atoms with Crippen molar-refractivity contribution in [3.8, 4) is 0 Å². The van der Waals surface area contributed by atoms with Gasteiger partial charge in [0.25, 0.3) is 0 Å². The lowest BCUT2D eigenvalue weighted by Crippen LogP contribution is -2.53. The minimum absolute atomic E-state index is 0.0568. The number of nitrogens with one attached hydrogen (secondary N) is 1. The fourth-order valence-electron chi connectivity index (χ4n) is 2.24. The van der Waals surface area contributed by atoms with Crippen LogP contribution in [0.2, 0.25) is 0 Å². The predicted octanol–water partition coefficient (Wildman–Crippen LogP) is 1.47. The van der Waals surface area contributed by atoms with E-state index >= 15 is 0 Å². The molecule has 1 aromatic heterocycles. The molecule has 5 nitrogen and oxygen atoms in total. The van der Waals surface area contributed by atoms with Crippen LogP contribution in [-0.2, 0) is 16.1 Å². The molecule has 6 heteroatoms. The molecule has 0 bridgehead atoms. The van der Waals surface area contributed by atoms with E-state index in [-0.39, 0.29) is 17.9 Å². The lowest BCUT2D eigenvalue weighted by molar-refractivity contribution is -0.139. The molecule has 2 heterocycles. The van der Waals surface area contributed by atoms with Crippen molar-refractivity contribution in [3.05, 3.63) is 16.1 Å². The first kappa shape index (κ1) is 14.0. The molecule has 1 saturated heterocycles. The summed E-state index contributed by atoms with van der Waals surface area (Å²) < 4.78 is 0. The van der Waals surface area contributed by atoms with Gasteiger partial charge in [-0.2, -0.15) is 0 Å². The number of carbonyl (C=O) groups excluding carboxylic acids is 2. The first-order valence-electron chi connectivity index (χ1n) is 6.32. The number of aromatic nitrogens is 1. The zero-order valence-corrected chi connectivity index (χ0v) is 12.5. The Kier molecular flexibility index (Phi) is 3.62. The van der Waals surface area contributed by atoms with Crippen LogP contribution >= 0.6 is 11.3 Å². The third-order valence-electron chi connectivity index (χ3n) is 3.23. The summed E-state index contributed by atoms with van der Waals surface area (Å²) in [6.45, 7) is 7.79. The van der Waals surface area contributed by atoms with Gasteiger partial charge >= 0.3 is 0 Å². The largest absolute Gasteiger partial charge is 0.342 e. The number of hydrogen-bond donors (Lipinski definition) is 1. The van der Waals surface area contributed by atoms with E-state index < -0.39 is 5.54 Å². The van der Waals surface area contributed by atoms with Crippen LogP contribution in [0.5, 0.6) is 0 Å². The lowest BCUT2D eigenvalue weighted by Gasteiger charge is -2.31. The molecule has 0 saturated carbocycles. The highest BCUT2D eigenvalue weighted by atomic mass is 32.1. The standard InChI is InChI=1S/C13H19N3O2S/c1-8-7-19-11(14-8)6-16-9(2)5-10(17)15-13(3,4)12(16)18/h7,9H,5-6H2,1-4H3,(H,15,17). The number of rotatable bonds is 2. The van der Waals surface area contributed by atoms with Gasteiger partial charge in [-0.05, 0) is 27.7 Å². The van der Waals surface area contributed by atoms with Crippen LogP contribution in [0.4, 0.5) is 0 Å². The third-order valence-corrected chi connectivity index (χ3v) is 4.18. The van der Waals surface area contributed by atoms with E-state index in [4.69, 9.17) is 0 Å². The van der Waals surface area contributed by atoms with Crippen LogP contribution < -0.4 is 5.32 Å². The van der Waals surface area contributed by atoms with Crippen molar-refractivity contribution in [2.24, 2.45) is 0 Å². The number of carbonyl (C=O) groups is 2. The van der Waals surface area contributed by atoms with Gasteiger partial charge in [-0.25, -0.2) is 4.98 Å². The second-order valence-corrected chi connectivity index (χ2v) is 6.48. The van der Waals surface area contributed by atoms with Crippen molar-refractivity contribution in [1.82, 2.24) is 15.2 Å². The Labute approximate surface area is 117 Å². The highest BCUT2D eigenvalue weighted by molar-refractivity contribution is 7.09. The van der Waals surface area contributed by atoms with Crippen LogP contribution in [0.3, 0.4) is 0 Å². The molecule has 104 valence electrons. The number of aryl methyl sites for hydroxylation is 1. The Morgan fingerprint density at radius 2 is 2.21 bits per heavy atom. The highest BCUT2D eigenvalue weighted by Gasteiger charge is 2.39. The summed E-state index contributed by atoms with van der Waals surface area (Å²) in [4.78, 5) is 30.4. The van der Waals surface area contributed by atoms with E-state index in [1.54, 1.807) is 30.1 Å². The maximum Gasteiger partial charge on any atom is 0.248 e. The average Bonchev–Trinajstić information content (AvgIpc) is 2.66. The Morgan fingerprint density at radius 1 is 1.53 bits per heavy atom. The second kappa shape index (κ2) is 4.92. The molecule has 0 aromatic carbocycles. The van der Waals surface area contributed by atoms with E-state index in [0.29, 0.717) is 13.0 Å². The predicted molar refractivity (Wildman–Crippen MR) is 73.7 cm³/mol. The van der Waals surface area contributed by atoms with Crippen LogP contribution in [0, 0.1) is 6.92 Å². The van der Waals surface area contributed by atoms with E-state index in [2.05, 4.69) is 10.3 Å². The van der Waals surface area contributed by atoms with Gasteiger partial charge in [-0.15, -0.1) is 11.3 Å². The molecular weight excluding hydrogens is 262 g/mol. The van der Waals surface area contributed by atoms with Gasteiger partial charge < -0.3 is 10.2 Å². The first-order chi connectivity index (χ1) is 8.79. The first-order valence-corrected chi connectivity index (χ1v) is 7.20. The van der Waals surface area contributed by atoms with Gasteiger partial charge in [0, 0.05) is 23.5 Å². The Balaban J connectivity index is 2.25. The van der Waals surface area contributed by atoms with E-state index in [1.165, 1.54) is 0 Å². The molecule has 19 heavy (non-hydrogen) atoms. The molecule has 1 aromatic rings. The van der Waals surface area contributed by atoms with Gasteiger partial charge in [0.2, 0.25) is 11.8 Å². The van der Waals surface area contributed by atoms with Crippen molar-refractivity contribution in [3.63, 3.8) is 0 Å². The van der Waals surface area contributed by atoms with Crippen LogP contribution in [0.1, 0.15) is 37.9 Å². The van der Waals surface area contributed by atoms with Crippen molar-refractivity contribution < 1.29 is 9.59 Å². The average molecular weight is 281 g/mol. The molecular formula is C13H19N3O2S. The molecule has 1 fully saturated rings. The quantitative estimate of drug-likeness (QED) is 0.893. The maximum absolute atomic E-state index is 12.5. The van der Waals surface area contributed by atoms with Crippen molar-refractivity contribution in [2.75, 3.05) is 0 Å². The monoisotopic (exact) mass is 281 g/mol. The molecule has 1 atom stereocenters. The van der Waals surface area contributed by atoms with Gasteiger partial charge in [-0.1, -0.05) is 0 Å². The molecule has 1 unspecified atom stereocenters. The zero-order valence-electron chi connectivity index (χ0n) is 11.7. The number of thiazole rings is 1. The highest BCUT2D eigenvalue weighted by Crippen LogP contribution is 2.21.